The van der Waals surface area contributed by atoms with E-state index in [2.05, 4.69) is 32.7 Å². The number of nitrogens with one attached hydrogen (secondary N) is 2. The fraction of sp³-hybridized carbons (Fsp3) is 0.176. The van der Waals surface area contributed by atoms with Gasteiger partial charge in [-0.3, -0.25) is 9.20 Å². The summed E-state index contributed by atoms with van der Waals surface area (Å²) in [6, 6.07) is 21.9. The SMILES string of the molecule is O=C(Cc1cccc(C(F)(F)F)c1)Nc1cccc(-c2nc3sccn3c2-c2ccnc(Nc3ccc(N4CCOCC4)cc3)n2)c1. The van der Waals surface area contributed by atoms with Gasteiger partial charge in [0, 0.05) is 53.5 Å². The number of aromatic nitrogens is 4. The number of rotatable bonds is 8. The van der Waals surface area contributed by atoms with Crippen molar-refractivity contribution in [3.63, 3.8) is 0 Å². The van der Waals surface area contributed by atoms with Crippen molar-refractivity contribution in [1.29, 1.82) is 0 Å². The molecule has 1 aliphatic heterocycles. The number of hydrogen-bond donors (Lipinski definition) is 2. The van der Waals surface area contributed by atoms with Gasteiger partial charge in [0.2, 0.25) is 11.9 Å². The van der Waals surface area contributed by atoms with E-state index >= 15 is 0 Å². The zero-order chi connectivity index (χ0) is 32.4. The van der Waals surface area contributed by atoms with Crippen molar-refractivity contribution in [2.75, 3.05) is 41.8 Å². The number of carbonyl (C=O) groups excluding carboxylic acids is 1. The van der Waals surface area contributed by atoms with E-state index < -0.39 is 17.6 Å². The van der Waals surface area contributed by atoms with Crippen LogP contribution in [0.3, 0.4) is 0 Å². The molecule has 7 rings (SSSR count). The number of nitrogens with zero attached hydrogens (tertiary/aromatic N) is 5. The third-order valence-corrected chi connectivity index (χ3v) is 8.46. The number of halogens is 3. The maximum absolute atomic E-state index is 13.1. The van der Waals surface area contributed by atoms with Crippen LogP contribution in [0.2, 0.25) is 0 Å². The Bertz CT molecular complexity index is 2040. The van der Waals surface area contributed by atoms with Crippen LogP contribution in [0.15, 0.2) is 96.6 Å². The van der Waals surface area contributed by atoms with Crippen molar-refractivity contribution in [2.45, 2.75) is 12.6 Å². The first kappa shape index (κ1) is 30.4. The van der Waals surface area contributed by atoms with E-state index in [0.717, 1.165) is 66.0 Å². The predicted octanol–water partition coefficient (Wildman–Crippen LogP) is 7.30. The molecule has 3 aromatic carbocycles. The number of carbonyl (C=O) groups is 1. The molecule has 0 unspecified atom stereocenters. The molecule has 0 spiro atoms. The summed E-state index contributed by atoms with van der Waals surface area (Å²) in [5.41, 5.74) is 4.74. The highest BCUT2D eigenvalue weighted by atomic mass is 32.1. The minimum absolute atomic E-state index is 0.202. The molecule has 0 bridgehead atoms. The highest BCUT2D eigenvalue weighted by Crippen LogP contribution is 2.35. The molecule has 3 aromatic heterocycles. The fourth-order valence-corrected chi connectivity index (χ4v) is 6.20. The maximum Gasteiger partial charge on any atom is 0.416 e. The van der Waals surface area contributed by atoms with E-state index in [1.54, 1.807) is 24.4 Å². The Labute approximate surface area is 271 Å². The van der Waals surface area contributed by atoms with Crippen LogP contribution < -0.4 is 15.5 Å². The summed E-state index contributed by atoms with van der Waals surface area (Å²) >= 11 is 1.48. The lowest BCUT2D eigenvalue weighted by Crippen LogP contribution is -2.36. The summed E-state index contributed by atoms with van der Waals surface area (Å²) in [6.45, 7) is 3.16. The molecule has 13 heteroatoms. The van der Waals surface area contributed by atoms with E-state index in [1.807, 2.05) is 40.2 Å². The van der Waals surface area contributed by atoms with Crippen molar-refractivity contribution in [3.8, 4) is 22.6 Å². The van der Waals surface area contributed by atoms with Crippen LogP contribution in [-0.4, -0.2) is 51.6 Å². The number of fused-ring (bicyclic) bond motifs is 1. The first-order valence-corrected chi connectivity index (χ1v) is 15.7. The Morgan fingerprint density at radius 3 is 2.55 bits per heavy atom. The Hall–Kier alpha value is -5.27. The van der Waals surface area contributed by atoms with Gasteiger partial charge in [0.05, 0.1) is 36.6 Å². The normalized spacial score (nSPS) is 13.6. The number of anilines is 4. The molecule has 6 aromatic rings. The summed E-state index contributed by atoms with van der Waals surface area (Å²) < 4.78 is 46.8. The van der Waals surface area contributed by atoms with Crippen molar-refractivity contribution >= 4 is 45.2 Å². The summed E-state index contributed by atoms with van der Waals surface area (Å²) in [6.07, 6.45) is -1.07. The number of morpholine rings is 1. The zero-order valence-electron chi connectivity index (χ0n) is 24.9. The number of alkyl halides is 3. The summed E-state index contributed by atoms with van der Waals surface area (Å²) in [5.74, 6) is -0.00891. The third-order valence-electron chi connectivity index (χ3n) is 7.70. The van der Waals surface area contributed by atoms with Crippen LogP contribution in [0.5, 0.6) is 0 Å². The second kappa shape index (κ2) is 12.9. The molecule has 9 nitrogen and oxygen atoms in total. The van der Waals surface area contributed by atoms with Crippen LogP contribution in [0.4, 0.5) is 36.2 Å². The van der Waals surface area contributed by atoms with Gasteiger partial charge in [-0.25, -0.2) is 15.0 Å². The minimum atomic E-state index is -4.48. The minimum Gasteiger partial charge on any atom is -0.378 e. The van der Waals surface area contributed by atoms with E-state index in [1.165, 1.54) is 23.5 Å². The molecule has 4 heterocycles. The van der Waals surface area contributed by atoms with Crippen LogP contribution in [0.1, 0.15) is 11.1 Å². The highest BCUT2D eigenvalue weighted by molar-refractivity contribution is 7.15. The van der Waals surface area contributed by atoms with Crippen LogP contribution >= 0.6 is 11.3 Å². The largest absolute Gasteiger partial charge is 0.416 e. The lowest BCUT2D eigenvalue weighted by molar-refractivity contribution is -0.137. The Balaban J connectivity index is 1.12. The van der Waals surface area contributed by atoms with Crippen molar-refractivity contribution in [2.24, 2.45) is 0 Å². The molecule has 0 aliphatic carbocycles. The number of benzene rings is 3. The molecular formula is C34H28F3N7O2S. The lowest BCUT2D eigenvalue weighted by atomic mass is 10.1. The topological polar surface area (TPSA) is 96.7 Å². The first-order valence-electron chi connectivity index (χ1n) is 14.9. The molecule has 0 atom stereocenters. The summed E-state index contributed by atoms with van der Waals surface area (Å²) in [7, 11) is 0. The lowest BCUT2D eigenvalue weighted by Gasteiger charge is -2.28. The molecule has 1 fully saturated rings. The zero-order valence-corrected chi connectivity index (χ0v) is 25.7. The Morgan fingerprint density at radius 1 is 0.936 bits per heavy atom. The van der Waals surface area contributed by atoms with E-state index in [4.69, 9.17) is 14.7 Å². The Morgan fingerprint density at radius 2 is 1.74 bits per heavy atom. The molecule has 2 N–H and O–H groups in total. The van der Waals surface area contributed by atoms with Crippen molar-refractivity contribution in [3.05, 3.63) is 108 Å². The monoisotopic (exact) mass is 655 g/mol. The smallest absolute Gasteiger partial charge is 0.378 e. The average molecular weight is 656 g/mol. The fourth-order valence-electron chi connectivity index (χ4n) is 5.48. The maximum atomic E-state index is 13.1. The number of hydrogen-bond acceptors (Lipinski definition) is 8. The average Bonchev–Trinajstić information content (AvgIpc) is 3.68. The van der Waals surface area contributed by atoms with Crippen LogP contribution in [0, 0.1) is 0 Å². The van der Waals surface area contributed by atoms with Gasteiger partial charge < -0.3 is 20.3 Å². The van der Waals surface area contributed by atoms with Gasteiger partial charge in [-0.05, 0) is 54.1 Å². The summed E-state index contributed by atoms with van der Waals surface area (Å²) in [4.78, 5) is 30.0. The molecule has 47 heavy (non-hydrogen) atoms. The van der Waals surface area contributed by atoms with Gasteiger partial charge >= 0.3 is 6.18 Å². The quantitative estimate of drug-likeness (QED) is 0.178. The molecular weight excluding hydrogens is 627 g/mol. The molecule has 1 aliphatic rings. The number of imidazole rings is 1. The van der Waals surface area contributed by atoms with Crippen molar-refractivity contribution < 1.29 is 22.7 Å². The van der Waals surface area contributed by atoms with Gasteiger partial charge in [0.15, 0.2) is 4.96 Å². The van der Waals surface area contributed by atoms with Crippen LogP contribution in [0.25, 0.3) is 27.6 Å². The van der Waals surface area contributed by atoms with Gasteiger partial charge in [-0.2, -0.15) is 13.2 Å². The summed E-state index contributed by atoms with van der Waals surface area (Å²) in [5, 5.41) is 8.05. The van der Waals surface area contributed by atoms with E-state index in [0.29, 0.717) is 23.0 Å². The highest BCUT2D eigenvalue weighted by Gasteiger charge is 2.30. The molecule has 0 radical (unpaired) electrons. The van der Waals surface area contributed by atoms with Gasteiger partial charge in [0.1, 0.15) is 5.69 Å². The van der Waals surface area contributed by atoms with E-state index in [9.17, 15) is 18.0 Å². The molecule has 238 valence electrons. The van der Waals surface area contributed by atoms with E-state index in [-0.39, 0.29) is 12.0 Å². The van der Waals surface area contributed by atoms with Gasteiger partial charge in [-0.1, -0.05) is 30.3 Å². The first-order chi connectivity index (χ1) is 22.8. The molecule has 0 saturated carbocycles. The van der Waals surface area contributed by atoms with Gasteiger partial charge in [0.25, 0.3) is 0 Å². The second-order valence-electron chi connectivity index (χ2n) is 10.9. The number of ether oxygens (including phenoxy) is 1. The molecule has 1 amide bonds. The number of amides is 1. The molecule has 1 saturated heterocycles. The van der Waals surface area contributed by atoms with Gasteiger partial charge in [-0.15, -0.1) is 11.3 Å². The second-order valence-corrected chi connectivity index (χ2v) is 11.8. The van der Waals surface area contributed by atoms with Crippen LogP contribution in [-0.2, 0) is 22.1 Å². The van der Waals surface area contributed by atoms with Crippen molar-refractivity contribution in [1.82, 2.24) is 19.4 Å². The third kappa shape index (κ3) is 6.81. The standard InChI is InChI=1S/C34H28F3N7O2S/c35-34(36,37)24-5-1-3-22(19-24)20-29(45)39-26-6-2-4-23(21-26)30-31(44-15-18-47-33(44)42-30)28-11-12-38-32(41-28)40-25-7-9-27(10-8-25)43-13-16-46-17-14-43/h1-12,15,18-19,21H,13-14,16-17,20H2,(H,39,45)(H,38,40,41). The predicted molar refractivity (Wildman–Crippen MR) is 176 cm³/mol. The number of thiazole rings is 1. The Kier molecular flexibility index (Phi) is 8.31.